The van der Waals surface area contributed by atoms with Gasteiger partial charge in [-0.05, 0) is 67.7 Å². The molecule has 1 aliphatic heterocycles. The van der Waals surface area contributed by atoms with Gasteiger partial charge in [0.2, 0.25) is 11.8 Å². The maximum Gasteiger partial charge on any atom is 0.250 e. The molecule has 2 aromatic rings. The van der Waals surface area contributed by atoms with E-state index in [9.17, 15) is 9.59 Å². The molecule has 8 heteroatoms. The van der Waals surface area contributed by atoms with Crippen LogP contribution in [0.4, 0.5) is 11.4 Å². The second-order valence-electron chi connectivity index (χ2n) is 10.4. The van der Waals surface area contributed by atoms with Crippen molar-refractivity contribution >= 4 is 40.5 Å². The van der Waals surface area contributed by atoms with Gasteiger partial charge < -0.3 is 25.3 Å². The predicted octanol–water partition coefficient (Wildman–Crippen LogP) is 3.93. The molecule has 2 saturated carbocycles. The largest absolute Gasteiger partial charge is 0.378 e. The monoisotopic (exact) mass is 505 g/mol. The number of thiocarbonyl (C=S) groups is 1. The number of carbonyl (C=O) groups excluding carboxylic acids is 2. The summed E-state index contributed by atoms with van der Waals surface area (Å²) in [4.78, 5) is 33.6. The predicted molar refractivity (Wildman–Crippen MR) is 147 cm³/mol. The van der Waals surface area contributed by atoms with Crippen LogP contribution < -0.4 is 15.5 Å². The van der Waals surface area contributed by atoms with E-state index < -0.39 is 5.54 Å². The average molecular weight is 506 g/mol. The van der Waals surface area contributed by atoms with E-state index in [2.05, 4.69) is 22.8 Å². The van der Waals surface area contributed by atoms with Crippen molar-refractivity contribution in [1.82, 2.24) is 15.1 Å². The van der Waals surface area contributed by atoms with E-state index in [0.29, 0.717) is 24.5 Å². The third-order valence-corrected chi connectivity index (χ3v) is 8.03. The van der Waals surface area contributed by atoms with Crippen molar-refractivity contribution < 1.29 is 9.59 Å². The highest BCUT2D eigenvalue weighted by molar-refractivity contribution is 7.80. The number of carbonyl (C=O) groups is 2. The summed E-state index contributed by atoms with van der Waals surface area (Å²) in [5.41, 5.74) is 2.19. The molecule has 0 aromatic heterocycles. The number of nitrogens with one attached hydrogen (secondary N) is 2. The SMILES string of the molecule is CN(C)c1ccc(NC(=O)C2(N(C(=O)CN3CC(c4ccccc4)NC3=S)C3CC3)CCCC2)cc1. The van der Waals surface area contributed by atoms with Crippen molar-refractivity contribution in [2.24, 2.45) is 0 Å². The molecular weight excluding hydrogens is 470 g/mol. The molecule has 1 atom stereocenters. The van der Waals surface area contributed by atoms with Crippen LogP contribution in [0.25, 0.3) is 0 Å². The first-order valence-corrected chi connectivity index (χ1v) is 13.3. The second kappa shape index (κ2) is 10.1. The molecule has 190 valence electrons. The normalized spacial score (nSPS) is 20.7. The Balaban J connectivity index is 1.32. The first-order valence-electron chi connectivity index (χ1n) is 12.9. The third kappa shape index (κ3) is 4.91. The molecule has 5 rings (SSSR count). The number of amides is 2. The van der Waals surface area contributed by atoms with Crippen LogP contribution in [0.2, 0.25) is 0 Å². The summed E-state index contributed by atoms with van der Waals surface area (Å²) >= 11 is 5.59. The second-order valence-corrected chi connectivity index (χ2v) is 10.8. The van der Waals surface area contributed by atoms with Crippen LogP contribution in [-0.2, 0) is 9.59 Å². The van der Waals surface area contributed by atoms with E-state index in [-0.39, 0.29) is 30.4 Å². The maximum absolute atomic E-state index is 13.8. The molecular formula is C28H35N5O2S. The molecule has 0 spiro atoms. The number of anilines is 2. The molecule has 1 unspecified atom stereocenters. The van der Waals surface area contributed by atoms with E-state index >= 15 is 0 Å². The summed E-state index contributed by atoms with van der Waals surface area (Å²) in [6.07, 6.45) is 5.20. The number of rotatable bonds is 8. The van der Waals surface area contributed by atoms with Crippen LogP contribution in [-0.4, -0.2) is 65.5 Å². The molecule has 2 N–H and O–H groups in total. The lowest BCUT2D eigenvalue weighted by Crippen LogP contribution is -2.60. The van der Waals surface area contributed by atoms with Gasteiger partial charge in [0, 0.05) is 38.1 Å². The molecule has 2 aliphatic carbocycles. The van der Waals surface area contributed by atoms with Gasteiger partial charge in [0.1, 0.15) is 5.54 Å². The van der Waals surface area contributed by atoms with Crippen molar-refractivity contribution in [1.29, 1.82) is 0 Å². The Morgan fingerprint density at radius 1 is 1.06 bits per heavy atom. The van der Waals surface area contributed by atoms with E-state index in [1.54, 1.807) is 0 Å². The Labute approximate surface area is 218 Å². The Hall–Kier alpha value is -3.13. The highest BCUT2D eigenvalue weighted by Crippen LogP contribution is 2.43. The lowest BCUT2D eigenvalue weighted by molar-refractivity contribution is -0.146. The Morgan fingerprint density at radius 2 is 1.72 bits per heavy atom. The molecule has 3 fully saturated rings. The van der Waals surface area contributed by atoms with Crippen LogP contribution >= 0.6 is 12.2 Å². The fourth-order valence-electron chi connectivity index (χ4n) is 5.59. The molecule has 7 nitrogen and oxygen atoms in total. The molecule has 1 saturated heterocycles. The lowest BCUT2D eigenvalue weighted by atomic mass is 9.92. The summed E-state index contributed by atoms with van der Waals surface area (Å²) in [5.74, 6) is -0.0718. The van der Waals surface area contributed by atoms with Gasteiger partial charge in [0.15, 0.2) is 5.11 Å². The quantitative estimate of drug-likeness (QED) is 0.530. The minimum absolute atomic E-state index is 0.00429. The number of hydrogen-bond acceptors (Lipinski definition) is 4. The molecule has 2 amide bonds. The van der Waals surface area contributed by atoms with Crippen LogP contribution in [0, 0.1) is 0 Å². The minimum Gasteiger partial charge on any atom is -0.378 e. The van der Waals surface area contributed by atoms with Gasteiger partial charge in [-0.25, -0.2) is 0 Å². The number of nitrogens with zero attached hydrogens (tertiary/aromatic N) is 3. The Kier molecular flexibility index (Phi) is 6.88. The number of benzene rings is 2. The van der Waals surface area contributed by atoms with Gasteiger partial charge in [-0.15, -0.1) is 0 Å². The maximum atomic E-state index is 13.8. The molecule has 36 heavy (non-hydrogen) atoms. The van der Waals surface area contributed by atoms with Crippen molar-refractivity contribution in [3.8, 4) is 0 Å². The fraction of sp³-hybridized carbons (Fsp3) is 0.464. The van der Waals surface area contributed by atoms with Crippen LogP contribution in [0.15, 0.2) is 54.6 Å². The average Bonchev–Trinajstić information content (AvgIpc) is 3.45. The van der Waals surface area contributed by atoms with Gasteiger partial charge in [0.25, 0.3) is 0 Å². The first kappa shape index (κ1) is 24.6. The molecule has 0 bridgehead atoms. The summed E-state index contributed by atoms with van der Waals surface area (Å²) < 4.78 is 0. The smallest absolute Gasteiger partial charge is 0.250 e. The van der Waals surface area contributed by atoms with Gasteiger partial charge in [-0.1, -0.05) is 43.2 Å². The van der Waals surface area contributed by atoms with Gasteiger partial charge in [-0.3, -0.25) is 9.59 Å². The van der Waals surface area contributed by atoms with Crippen molar-refractivity contribution in [3.63, 3.8) is 0 Å². The topological polar surface area (TPSA) is 67.9 Å². The van der Waals surface area contributed by atoms with Gasteiger partial charge in [-0.2, -0.15) is 0 Å². The highest BCUT2D eigenvalue weighted by Gasteiger charge is 2.53. The van der Waals surface area contributed by atoms with E-state index in [1.165, 1.54) is 0 Å². The lowest BCUT2D eigenvalue weighted by Gasteiger charge is -2.41. The first-order chi connectivity index (χ1) is 17.4. The zero-order chi connectivity index (χ0) is 25.3. The molecule has 0 radical (unpaired) electrons. The van der Waals surface area contributed by atoms with E-state index in [1.807, 2.05) is 71.3 Å². The fourth-order valence-corrected chi connectivity index (χ4v) is 5.87. The molecule has 3 aliphatic rings. The molecule has 1 heterocycles. The summed E-state index contributed by atoms with van der Waals surface area (Å²) in [5, 5.41) is 7.09. The zero-order valence-corrected chi connectivity index (χ0v) is 21.9. The van der Waals surface area contributed by atoms with Crippen LogP contribution in [0.1, 0.15) is 50.1 Å². The number of hydrogen-bond donors (Lipinski definition) is 2. The van der Waals surface area contributed by atoms with Crippen molar-refractivity contribution in [3.05, 3.63) is 60.2 Å². The Bertz CT molecular complexity index is 1110. The van der Waals surface area contributed by atoms with Crippen LogP contribution in [0.5, 0.6) is 0 Å². The third-order valence-electron chi connectivity index (χ3n) is 7.65. The summed E-state index contributed by atoms with van der Waals surface area (Å²) in [6.45, 7) is 0.836. The van der Waals surface area contributed by atoms with E-state index in [4.69, 9.17) is 12.2 Å². The summed E-state index contributed by atoms with van der Waals surface area (Å²) in [7, 11) is 3.98. The molecule has 2 aromatic carbocycles. The Morgan fingerprint density at radius 3 is 2.33 bits per heavy atom. The van der Waals surface area contributed by atoms with E-state index in [0.717, 1.165) is 42.6 Å². The van der Waals surface area contributed by atoms with Crippen LogP contribution in [0.3, 0.4) is 0 Å². The van der Waals surface area contributed by atoms with Crippen molar-refractivity contribution in [2.45, 2.75) is 56.1 Å². The summed E-state index contributed by atoms with van der Waals surface area (Å²) in [6, 6.07) is 18.2. The van der Waals surface area contributed by atoms with Gasteiger partial charge in [0.05, 0.1) is 12.6 Å². The zero-order valence-electron chi connectivity index (χ0n) is 21.1. The van der Waals surface area contributed by atoms with Gasteiger partial charge >= 0.3 is 0 Å². The minimum atomic E-state index is -0.800. The highest BCUT2D eigenvalue weighted by atomic mass is 32.1. The standard InChI is InChI=1S/C28H35N5O2S/c1-31(2)22-12-10-21(11-13-22)29-26(35)28(16-6-7-17-28)33(23-14-15-23)25(34)19-32-18-24(30-27(32)36)20-8-4-3-5-9-20/h3-5,8-13,23-24H,6-7,14-19H2,1-2H3,(H,29,35)(H,30,36). The van der Waals surface area contributed by atoms with Crippen molar-refractivity contribution in [2.75, 3.05) is 37.4 Å².